The van der Waals surface area contributed by atoms with Gasteiger partial charge in [0.25, 0.3) is 0 Å². The number of carbonyl (C=O) groups excluding carboxylic acids is 2. The van der Waals surface area contributed by atoms with E-state index in [9.17, 15) is 9.59 Å². The molecule has 1 aromatic rings. The smallest absolute Gasteiger partial charge is 0.312 e. The van der Waals surface area contributed by atoms with E-state index >= 15 is 0 Å². The van der Waals surface area contributed by atoms with E-state index in [2.05, 4.69) is 10.6 Å². The molecule has 3 amide bonds. The Morgan fingerprint density at radius 1 is 1.15 bits per heavy atom. The number of nitrogens with one attached hydrogen (secondary N) is 2. The Morgan fingerprint density at radius 3 is 2.65 bits per heavy atom. The lowest BCUT2D eigenvalue weighted by atomic mass is 10.1. The molecule has 0 fully saturated rings. The summed E-state index contributed by atoms with van der Waals surface area (Å²) in [6.07, 6.45) is 2.68. The van der Waals surface area contributed by atoms with Gasteiger partial charge in [0.1, 0.15) is 0 Å². The zero-order valence-corrected chi connectivity index (χ0v) is 12.1. The van der Waals surface area contributed by atoms with Crippen LogP contribution in [0.1, 0.15) is 24.8 Å². The van der Waals surface area contributed by atoms with Gasteiger partial charge < -0.3 is 16.4 Å². The van der Waals surface area contributed by atoms with Crippen molar-refractivity contribution in [3.8, 4) is 0 Å². The number of halogens is 1. The highest BCUT2D eigenvalue weighted by molar-refractivity contribution is 6.30. The number of amides is 3. The zero-order chi connectivity index (χ0) is 14.8. The van der Waals surface area contributed by atoms with Crippen LogP contribution in [0.25, 0.3) is 0 Å². The van der Waals surface area contributed by atoms with Gasteiger partial charge >= 0.3 is 6.03 Å². The van der Waals surface area contributed by atoms with Gasteiger partial charge in [0.05, 0.1) is 0 Å². The molecule has 4 N–H and O–H groups in total. The van der Waals surface area contributed by atoms with E-state index in [1.165, 1.54) is 0 Å². The van der Waals surface area contributed by atoms with E-state index in [0.29, 0.717) is 24.5 Å². The van der Waals surface area contributed by atoms with Gasteiger partial charge in [-0.3, -0.25) is 4.79 Å². The molecule has 0 saturated heterocycles. The Kier molecular flexibility index (Phi) is 7.50. The highest BCUT2D eigenvalue weighted by atomic mass is 35.5. The maximum atomic E-state index is 11.5. The van der Waals surface area contributed by atoms with Crippen molar-refractivity contribution in [1.82, 2.24) is 10.6 Å². The molecular weight excluding hydrogens is 278 g/mol. The first-order valence-corrected chi connectivity index (χ1v) is 7.00. The van der Waals surface area contributed by atoms with Crippen LogP contribution in [0.5, 0.6) is 0 Å². The fourth-order valence-corrected chi connectivity index (χ4v) is 1.96. The molecule has 1 aromatic carbocycles. The predicted molar refractivity (Wildman–Crippen MR) is 79.6 cm³/mol. The molecule has 110 valence electrons. The lowest BCUT2D eigenvalue weighted by Crippen LogP contribution is -2.30. The summed E-state index contributed by atoms with van der Waals surface area (Å²) in [4.78, 5) is 22.0. The standard InChI is InChI=1S/C14H20ClN3O2/c15-12-5-3-4-11(10-12)7-9-17-13(19)6-1-2-8-18-14(16)20/h3-5,10H,1-2,6-9H2,(H,17,19)(H3,16,18,20). The molecule has 0 unspecified atom stereocenters. The van der Waals surface area contributed by atoms with Crippen molar-refractivity contribution in [2.24, 2.45) is 5.73 Å². The molecule has 20 heavy (non-hydrogen) atoms. The third-order valence-electron chi connectivity index (χ3n) is 2.75. The first-order chi connectivity index (χ1) is 9.58. The van der Waals surface area contributed by atoms with Crippen LogP contribution in [0.4, 0.5) is 4.79 Å². The van der Waals surface area contributed by atoms with Crippen molar-refractivity contribution in [1.29, 1.82) is 0 Å². The molecule has 0 radical (unpaired) electrons. The van der Waals surface area contributed by atoms with Crippen LogP contribution in [0.15, 0.2) is 24.3 Å². The summed E-state index contributed by atoms with van der Waals surface area (Å²) >= 11 is 5.88. The quantitative estimate of drug-likeness (QED) is 0.640. The summed E-state index contributed by atoms with van der Waals surface area (Å²) in [7, 11) is 0. The Balaban J connectivity index is 2.07. The number of unbranched alkanes of at least 4 members (excludes halogenated alkanes) is 1. The third kappa shape index (κ3) is 7.63. The highest BCUT2D eigenvalue weighted by Gasteiger charge is 2.01. The second-order valence-electron chi connectivity index (χ2n) is 4.48. The van der Waals surface area contributed by atoms with Gasteiger partial charge in [-0.25, -0.2) is 4.79 Å². The van der Waals surface area contributed by atoms with E-state index in [1.54, 1.807) is 0 Å². The maximum Gasteiger partial charge on any atom is 0.312 e. The molecule has 0 atom stereocenters. The summed E-state index contributed by atoms with van der Waals surface area (Å²) in [6, 6.07) is 7.06. The molecular formula is C14H20ClN3O2. The molecule has 0 saturated carbocycles. The molecule has 0 bridgehead atoms. The minimum atomic E-state index is -0.532. The summed E-state index contributed by atoms with van der Waals surface area (Å²) in [5, 5.41) is 6.04. The largest absolute Gasteiger partial charge is 0.356 e. The number of carbonyl (C=O) groups is 2. The Hall–Kier alpha value is -1.75. The van der Waals surface area contributed by atoms with Crippen molar-refractivity contribution in [3.63, 3.8) is 0 Å². The number of urea groups is 1. The first kappa shape index (κ1) is 16.3. The number of rotatable bonds is 8. The molecule has 0 aromatic heterocycles. The van der Waals surface area contributed by atoms with Gasteiger partial charge in [-0.15, -0.1) is 0 Å². The Bertz CT molecular complexity index is 452. The summed E-state index contributed by atoms with van der Waals surface area (Å²) in [5.41, 5.74) is 6.03. The van der Waals surface area contributed by atoms with E-state index in [4.69, 9.17) is 17.3 Å². The summed E-state index contributed by atoms with van der Waals surface area (Å²) in [5.74, 6) is 0.0195. The molecule has 5 nitrogen and oxygen atoms in total. The van der Waals surface area contributed by atoms with Gasteiger partial charge in [0, 0.05) is 24.5 Å². The second kappa shape index (κ2) is 9.20. The fraction of sp³-hybridized carbons (Fsp3) is 0.429. The van der Waals surface area contributed by atoms with Crippen LogP contribution in [0.3, 0.4) is 0 Å². The number of benzene rings is 1. The zero-order valence-electron chi connectivity index (χ0n) is 11.3. The van der Waals surface area contributed by atoms with Gasteiger partial charge in [-0.2, -0.15) is 0 Å². The van der Waals surface area contributed by atoms with E-state index in [-0.39, 0.29) is 5.91 Å². The monoisotopic (exact) mass is 297 g/mol. The van der Waals surface area contributed by atoms with E-state index < -0.39 is 6.03 Å². The van der Waals surface area contributed by atoms with Gasteiger partial charge in [-0.05, 0) is 37.0 Å². The van der Waals surface area contributed by atoms with E-state index in [1.807, 2.05) is 24.3 Å². The molecule has 6 heteroatoms. The summed E-state index contributed by atoms with van der Waals surface area (Å²) in [6.45, 7) is 1.10. The molecule has 0 aliphatic rings. The molecule has 1 rings (SSSR count). The highest BCUT2D eigenvalue weighted by Crippen LogP contribution is 2.10. The fourth-order valence-electron chi connectivity index (χ4n) is 1.75. The van der Waals surface area contributed by atoms with Gasteiger partial charge in [0.2, 0.25) is 5.91 Å². The van der Waals surface area contributed by atoms with Gasteiger partial charge in [0.15, 0.2) is 0 Å². The minimum Gasteiger partial charge on any atom is -0.356 e. The molecule has 0 aliphatic heterocycles. The Morgan fingerprint density at radius 2 is 1.95 bits per heavy atom. The minimum absolute atomic E-state index is 0.0195. The summed E-state index contributed by atoms with van der Waals surface area (Å²) < 4.78 is 0. The van der Waals surface area contributed by atoms with Crippen LogP contribution in [0.2, 0.25) is 5.02 Å². The van der Waals surface area contributed by atoms with Crippen LogP contribution in [0, 0.1) is 0 Å². The molecule has 0 heterocycles. The van der Waals surface area contributed by atoms with E-state index in [0.717, 1.165) is 24.8 Å². The average Bonchev–Trinajstić information content (AvgIpc) is 2.38. The van der Waals surface area contributed by atoms with Gasteiger partial charge in [-0.1, -0.05) is 23.7 Å². The number of primary amides is 1. The van der Waals surface area contributed by atoms with Crippen LogP contribution in [-0.4, -0.2) is 25.0 Å². The van der Waals surface area contributed by atoms with Crippen LogP contribution >= 0.6 is 11.6 Å². The van der Waals surface area contributed by atoms with Crippen molar-refractivity contribution in [2.45, 2.75) is 25.7 Å². The lowest BCUT2D eigenvalue weighted by molar-refractivity contribution is -0.121. The maximum absolute atomic E-state index is 11.5. The third-order valence-corrected chi connectivity index (χ3v) is 2.99. The normalized spacial score (nSPS) is 10.1. The molecule has 0 spiro atoms. The number of hydrogen-bond acceptors (Lipinski definition) is 2. The van der Waals surface area contributed by atoms with Crippen molar-refractivity contribution < 1.29 is 9.59 Å². The lowest BCUT2D eigenvalue weighted by Gasteiger charge is -2.06. The molecule has 0 aliphatic carbocycles. The topological polar surface area (TPSA) is 84.2 Å². The van der Waals surface area contributed by atoms with Crippen molar-refractivity contribution >= 4 is 23.5 Å². The average molecular weight is 298 g/mol. The number of nitrogens with two attached hydrogens (primary N) is 1. The second-order valence-corrected chi connectivity index (χ2v) is 4.91. The predicted octanol–water partition coefficient (Wildman–Crippen LogP) is 1.84. The van der Waals surface area contributed by atoms with Crippen molar-refractivity contribution in [3.05, 3.63) is 34.9 Å². The van der Waals surface area contributed by atoms with Crippen LogP contribution in [-0.2, 0) is 11.2 Å². The Labute approximate surface area is 123 Å². The van der Waals surface area contributed by atoms with Crippen LogP contribution < -0.4 is 16.4 Å². The SMILES string of the molecule is NC(=O)NCCCCC(=O)NCCc1cccc(Cl)c1. The van der Waals surface area contributed by atoms with Crippen molar-refractivity contribution in [2.75, 3.05) is 13.1 Å². The first-order valence-electron chi connectivity index (χ1n) is 6.62. The number of hydrogen-bond donors (Lipinski definition) is 3.